The maximum absolute atomic E-state index is 12.1. The van der Waals surface area contributed by atoms with Crippen molar-refractivity contribution >= 4 is 12.0 Å². The minimum Gasteiger partial charge on any atom is -0.493 e. The fraction of sp³-hybridized carbons (Fsp3) is 0.652. The second-order valence-corrected chi connectivity index (χ2v) is 8.00. The number of nitrogens with zero attached hydrogens (tertiary/aromatic N) is 1. The van der Waals surface area contributed by atoms with Crippen LogP contribution in [0, 0.1) is 5.92 Å². The molecule has 30 heavy (non-hydrogen) atoms. The molecule has 0 aliphatic rings. The maximum Gasteiger partial charge on any atom is 0.415 e. The summed E-state index contributed by atoms with van der Waals surface area (Å²) >= 11 is 0. The van der Waals surface area contributed by atoms with Crippen LogP contribution in [0.5, 0.6) is 11.5 Å². The molecule has 0 aliphatic heterocycles. The lowest BCUT2D eigenvalue weighted by molar-refractivity contribution is -0.121. The van der Waals surface area contributed by atoms with E-state index in [4.69, 9.17) is 9.47 Å². The predicted octanol–water partition coefficient (Wildman–Crippen LogP) is 3.96. The number of likely N-dealkylation sites (N-methyl/N-ethyl adjacent to an activating group) is 2. The first kappa shape index (κ1) is 25.8. The van der Waals surface area contributed by atoms with Crippen LogP contribution in [0.2, 0.25) is 0 Å². The lowest BCUT2D eigenvalue weighted by atomic mass is 10.0. The molecule has 1 aromatic rings. The van der Waals surface area contributed by atoms with Crippen molar-refractivity contribution in [3.63, 3.8) is 0 Å². The van der Waals surface area contributed by atoms with Crippen molar-refractivity contribution in [3.05, 3.63) is 23.8 Å². The third-order valence-electron chi connectivity index (χ3n) is 4.86. The van der Waals surface area contributed by atoms with Crippen LogP contribution in [-0.2, 0) is 11.3 Å². The highest BCUT2D eigenvalue weighted by Gasteiger charge is 2.14. The molecule has 0 bridgehead atoms. The van der Waals surface area contributed by atoms with Gasteiger partial charge in [0.2, 0.25) is 5.91 Å². The largest absolute Gasteiger partial charge is 0.493 e. The minimum absolute atomic E-state index is 0.0551. The number of carbonyl (C=O) groups excluding carboxylic acids is 2. The molecule has 7 heteroatoms. The first-order valence-electron chi connectivity index (χ1n) is 10.9. The number of ether oxygens (including phenoxy) is 2. The first-order chi connectivity index (χ1) is 14.4. The summed E-state index contributed by atoms with van der Waals surface area (Å²) < 4.78 is 10.8. The maximum atomic E-state index is 12.1. The standard InChI is InChI=1S/C23H39N3O4/c1-18(2)10-8-6-7-9-11-22(27)25-17-19-12-13-20(21(16-19)29-5)30-23(28)26(4)15-14-24-3/h12-13,16,18,24H,6-11,14-15,17H2,1-5H3,(H,25,27). The Bertz CT molecular complexity index is 649. The third-order valence-corrected chi connectivity index (χ3v) is 4.86. The highest BCUT2D eigenvalue weighted by atomic mass is 16.6. The Labute approximate surface area is 181 Å². The highest BCUT2D eigenvalue weighted by molar-refractivity contribution is 5.76. The molecule has 7 nitrogen and oxygen atoms in total. The van der Waals surface area contributed by atoms with Crippen LogP contribution < -0.4 is 20.1 Å². The molecule has 0 unspecified atom stereocenters. The van der Waals surface area contributed by atoms with Gasteiger partial charge in [-0.05, 0) is 37.1 Å². The second-order valence-electron chi connectivity index (χ2n) is 8.00. The smallest absolute Gasteiger partial charge is 0.415 e. The second kappa shape index (κ2) is 14.7. The lowest BCUT2D eigenvalue weighted by Gasteiger charge is -2.18. The molecule has 2 N–H and O–H groups in total. The van der Waals surface area contributed by atoms with Crippen LogP contribution in [-0.4, -0.2) is 51.2 Å². The summed E-state index contributed by atoms with van der Waals surface area (Å²) in [5, 5.41) is 5.93. The Morgan fingerprint density at radius 3 is 2.50 bits per heavy atom. The monoisotopic (exact) mass is 421 g/mol. The topological polar surface area (TPSA) is 79.9 Å². The quantitative estimate of drug-likeness (QED) is 0.445. The van der Waals surface area contributed by atoms with Crippen molar-refractivity contribution in [3.8, 4) is 11.5 Å². The predicted molar refractivity (Wildman–Crippen MR) is 120 cm³/mol. The summed E-state index contributed by atoms with van der Waals surface area (Å²) in [6.07, 6.45) is 5.80. The zero-order valence-corrected chi connectivity index (χ0v) is 19.3. The van der Waals surface area contributed by atoms with E-state index < -0.39 is 6.09 Å². The fourth-order valence-electron chi connectivity index (χ4n) is 2.93. The Morgan fingerprint density at radius 1 is 1.10 bits per heavy atom. The number of methoxy groups -OCH3 is 1. The van der Waals surface area contributed by atoms with E-state index >= 15 is 0 Å². The molecule has 2 amide bonds. The number of benzene rings is 1. The summed E-state index contributed by atoms with van der Waals surface area (Å²) in [5.74, 6) is 1.62. The number of unbranched alkanes of at least 4 members (excludes halogenated alkanes) is 3. The van der Waals surface area contributed by atoms with Crippen molar-refractivity contribution in [2.45, 2.75) is 58.9 Å². The van der Waals surface area contributed by atoms with Gasteiger partial charge in [0, 0.05) is 33.1 Å². The number of hydrogen-bond acceptors (Lipinski definition) is 5. The van der Waals surface area contributed by atoms with Gasteiger partial charge in [-0.25, -0.2) is 4.79 Å². The number of amides is 2. The van der Waals surface area contributed by atoms with Gasteiger partial charge in [0.1, 0.15) is 0 Å². The molecule has 0 heterocycles. The van der Waals surface area contributed by atoms with Gasteiger partial charge in [0.25, 0.3) is 0 Å². The number of rotatable bonds is 14. The average molecular weight is 422 g/mol. The number of carbonyl (C=O) groups is 2. The highest BCUT2D eigenvalue weighted by Crippen LogP contribution is 2.28. The van der Waals surface area contributed by atoms with Crippen molar-refractivity contribution < 1.29 is 19.1 Å². The van der Waals surface area contributed by atoms with E-state index in [1.165, 1.54) is 31.3 Å². The average Bonchev–Trinajstić information content (AvgIpc) is 2.73. The molecule has 0 aromatic heterocycles. The lowest BCUT2D eigenvalue weighted by Crippen LogP contribution is -2.34. The van der Waals surface area contributed by atoms with E-state index in [-0.39, 0.29) is 5.91 Å². The molecular formula is C23H39N3O4. The Morgan fingerprint density at radius 2 is 1.83 bits per heavy atom. The van der Waals surface area contributed by atoms with Crippen molar-refractivity contribution in [1.29, 1.82) is 0 Å². The fourth-order valence-corrected chi connectivity index (χ4v) is 2.93. The molecule has 0 saturated heterocycles. The van der Waals surface area contributed by atoms with Gasteiger partial charge in [0.15, 0.2) is 11.5 Å². The van der Waals surface area contributed by atoms with E-state index in [2.05, 4.69) is 24.5 Å². The summed E-state index contributed by atoms with van der Waals surface area (Å²) in [7, 11) is 5.03. The summed E-state index contributed by atoms with van der Waals surface area (Å²) in [6, 6.07) is 5.30. The zero-order valence-electron chi connectivity index (χ0n) is 19.3. The van der Waals surface area contributed by atoms with E-state index in [0.717, 1.165) is 24.3 Å². The van der Waals surface area contributed by atoms with Crippen LogP contribution in [0.25, 0.3) is 0 Å². The van der Waals surface area contributed by atoms with Crippen LogP contribution >= 0.6 is 0 Å². The zero-order chi connectivity index (χ0) is 22.4. The third kappa shape index (κ3) is 10.5. The minimum atomic E-state index is -0.446. The SMILES string of the molecule is CNCCN(C)C(=O)Oc1ccc(CNC(=O)CCCCCCC(C)C)cc1OC. The number of hydrogen-bond donors (Lipinski definition) is 2. The molecule has 0 spiro atoms. The molecular weight excluding hydrogens is 382 g/mol. The van der Waals surface area contributed by atoms with Gasteiger partial charge in [-0.15, -0.1) is 0 Å². The van der Waals surface area contributed by atoms with Crippen LogP contribution in [0.3, 0.4) is 0 Å². The molecule has 0 fully saturated rings. The Hall–Kier alpha value is -2.28. The number of nitrogens with one attached hydrogen (secondary N) is 2. The molecule has 1 aromatic carbocycles. The first-order valence-corrected chi connectivity index (χ1v) is 10.9. The molecule has 1 rings (SSSR count). The molecule has 0 atom stereocenters. The molecule has 170 valence electrons. The Kier molecular flexibility index (Phi) is 12.6. The van der Waals surface area contributed by atoms with E-state index in [0.29, 0.717) is 37.6 Å². The van der Waals surface area contributed by atoms with Crippen LogP contribution in [0.4, 0.5) is 4.79 Å². The normalized spacial score (nSPS) is 10.7. The summed E-state index contributed by atoms with van der Waals surface area (Å²) in [5.41, 5.74) is 0.889. The molecule has 0 saturated carbocycles. The molecule has 0 radical (unpaired) electrons. The van der Waals surface area contributed by atoms with E-state index in [9.17, 15) is 9.59 Å². The van der Waals surface area contributed by atoms with Crippen molar-refractivity contribution in [2.24, 2.45) is 5.92 Å². The van der Waals surface area contributed by atoms with Crippen LogP contribution in [0.1, 0.15) is 57.9 Å². The van der Waals surface area contributed by atoms with Crippen molar-refractivity contribution in [2.75, 3.05) is 34.3 Å². The Balaban J connectivity index is 2.43. The van der Waals surface area contributed by atoms with Crippen molar-refractivity contribution in [1.82, 2.24) is 15.5 Å². The summed E-state index contributed by atoms with van der Waals surface area (Å²) in [6.45, 7) is 6.11. The van der Waals surface area contributed by atoms with E-state index in [1.807, 2.05) is 13.1 Å². The van der Waals surface area contributed by atoms with Gasteiger partial charge in [0.05, 0.1) is 7.11 Å². The van der Waals surface area contributed by atoms with Crippen LogP contribution in [0.15, 0.2) is 18.2 Å². The van der Waals surface area contributed by atoms with Gasteiger partial charge < -0.3 is 25.0 Å². The van der Waals surface area contributed by atoms with Gasteiger partial charge in [-0.1, -0.05) is 45.6 Å². The summed E-state index contributed by atoms with van der Waals surface area (Å²) in [4.78, 5) is 25.7. The van der Waals surface area contributed by atoms with E-state index in [1.54, 1.807) is 19.2 Å². The van der Waals surface area contributed by atoms with Gasteiger partial charge in [-0.2, -0.15) is 0 Å². The molecule has 0 aliphatic carbocycles. The van der Waals surface area contributed by atoms with Gasteiger partial charge >= 0.3 is 6.09 Å². The van der Waals surface area contributed by atoms with Gasteiger partial charge in [-0.3, -0.25) is 4.79 Å².